The van der Waals surface area contributed by atoms with Crippen molar-refractivity contribution in [3.05, 3.63) is 59.9 Å². The molecule has 4 heteroatoms. The van der Waals surface area contributed by atoms with Crippen molar-refractivity contribution in [2.24, 2.45) is 5.92 Å². The molecule has 1 aliphatic heterocycles. The molecule has 0 unspecified atom stereocenters. The topological polar surface area (TPSA) is 29.0 Å². The van der Waals surface area contributed by atoms with Crippen molar-refractivity contribution in [3.63, 3.8) is 0 Å². The number of aromatic nitrogens is 2. The van der Waals surface area contributed by atoms with E-state index in [2.05, 4.69) is 14.9 Å². The highest BCUT2D eigenvalue weighted by atomic mass is 19.1. The second kappa shape index (κ2) is 6.76. The first-order chi connectivity index (χ1) is 10.3. The molecular formula is C17H20FN3. The van der Waals surface area contributed by atoms with Crippen LogP contribution in [0.2, 0.25) is 0 Å². The first-order valence-electron chi connectivity index (χ1n) is 7.51. The van der Waals surface area contributed by atoms with E-state index in [4.69, 9.17) is 0 Å². The summed E-state index contributed by atoms with van der Waals surface area (Å²) in [6.45, 7) is 3.12. The summed E-state index contributed by atoms with van der Waals surface area (Å²) in [7, 11) is 0. The van der Waals surface area contributed by atoms with Gasteiger partial charge in [-0.25, -0.2) is 14.4 Å². The lowest BCUT2D eigenvalue weighted by Gasteiger charge is -2.31. The largest absolute Gasteiger partial charge is 0.297 e. The molecule has 0 radical (unpaired) electrons. The van der Waals surface area contributed by atoms with Gasteiger partial charge in [-0.2, -0.15) is 0 Å². The van der Waals surface area contributed by atoms with Gasteiger partial charge in [0.05, 0.1) is 5.69 Å². The summed E-state index contributed by atoms with van der Waals surface area (Å²) in [6.07, 6.45) is 6.85. The first kappa shape index (κ1) is 14.1. The number of likely N-dealkylation sites (tertiary alicyclic amines) is 1. The van der Waals surface area contributed by atoms with Crippen LogP contribution >= 0.6 is 0 Å². The third kappa shape index (κ3) is 4.08. The number of piperidine rings is 1. The number of benzene rings is 1. The minimum Gasteiger partial charge on any atom is -0.297 e. The predicted molar refractivity (Wildman–Crippen MR) is 80.1 cm³/mol. The summed E-state index contributed by atoms with van der Waals surface area (Å²) in [5.74, 6) is 0.551. The molecule has 2 heterocycles. The highest BCUT2D eigenvalue weighted by molar-refractivity contribution is 5.16. The van der Waals surface area contributed by atoms with E-state index in [1.165, 1.54) is 18.4 Å². The molecule has 1 fully saturated rings. The van der Waals surface area contributed by atoms with Crippen LogP contribution in [0, 0.1) is 11.7 Å². The quantitative estimate of drug-likeness (QED) is 0.864. The van der Waals surface area contributed by atoms with E-state index in [1.807, 2.05) is 18.2 Å². The van der Waals surface area contributed by atoms with Crippen LogP contribution in [0.3, 0.4) is 0 Å². The van der Waals surface area contributed by atoms with Crippen LogP contribution in [0.1, 0.15) is 24.1 Å². The lowest BCUT2D eigenvalue weighted by Crippen LogP contribution is -2.34. The van der Waals surface area contributed by atoms with Gasteiger partial charge >= 0.3 is 0 Å². The van der Waals surface area contributed by atoms with Gasteiger partial charge in [0, 0.05) is 12.7 Å². The van der Waals surface area contributed by atoms with Crippen molar-refractivity contribution >= 4 is 0 Å². The third-order valence-electron chi connectivity index (χ3n) is 4.17. The highest BCUT2D eigenvalue weighted by Crippen LogP contribution is 2.22. The van der Waals surface area contributed by atoms with Crippen molar-refractivity contribution < 1.29 is 4.39 Å². The summed E-state index contributed by atoms with van der Waals surface area (Å²) < 4.78 is 12.9. The molecule has 0 atom stereocenters. The van der Waals surface area contributed by atoms with Gasteiger partial charge in [0.2, 0.25) is 0 Å². The van der Waals surface area contributed by atoms with Crippen LogP contribution in [-0.2, 0) is 13.0 Å². The Morgan fingerprint density at radius 2 is 1.86 bits per heavy atom. The zero-order valence-corrected chi connectivity index (χ0v) is 12.1. The highest BCUT2D eigenvalue weighted by Gasteiger charge is 2.19. The Bertz CT molecular complexity index is 548. The summed E-state index contributed by atoms with van der Waals surface area (Å²) in [4.78, 5) is 10.7. The molecule has 21 heavy (non-hydrogen) atoms. The Kier molecular flexibility index (Phi) is 4.55. The number of hydrogen-bond acceptors (Lipinski definition) is 3. The minimum absolute atomic E-state index is 0.154. The van der Waals surface area contributed by atoms with Crippen LogP contribution < -0.4 is 0 Å². The number of nitrogens with zero attached hydrogens (tertiary/aromatic N) is 3. The molecule has 0 bridgehead atoms. The van der Waals surface area contributed by atoms with E-state index in [1.54, 1.807) is 24.7 Å². The molecule has 1 aromatic heterocycles. The molecule has 110 valence electrons. The Morgan fingerprint density at radius 3 is 2.52 bits per heavy atom. The van der Waals surface area contributed by atoms with Gasteiger partial charge < -0.3 is 0 Å². The third-order valence-corrected chi connectivity index (χ3v) is 4.17. The Labute approximate surface area is 124 Å². The van der Waals surface area contributed by atoms with Crippen molar-refractivity contribution in [1.29, 1.82) is 0 Å². The van der Waals surface area contributed by atoms with Gasteiger partial charge in [-0.1, -0.05) is 12.1 Å². The average molecular weight is 285 g/mol. The molecule has 0 spiro atoms. The van der Waals surface area contributed by atoms with Gasteiger partial charge in [-0.3, -0.25) is 4.90 Å². The summed E-state index contributed by atoms with van der Waals surface area (Å²) >= 11 is 0. The Hall–Kier alpha value is -1.81. The van der Waals surface area contributed by atoms with Gasteiger partial charge in [-0.15, -0.1) is 0 Å². The van der Waals surface area contributed by atoms with Crippen molar-refractivity contribution in [1.82, 2.24) is 14.9 Å². The molecule has 3 nitrogen and oxygen atoms in total. The molecule has 0 saturated carbocycles. The molecule has 0 amide bonds. The zero-order valence-electron chi connectivity index (χ0n) is 12.1. The van der Waals surface area contributed by atoms with Gasteiger partial charge in [-0.05, 0) is 62.0 Å². The summed E-state index contributed by atoms with van der Waals surface area (Å²) in [5.41, 5.74) is 2.33. The standard InChI is InChI=1S/C17H20FN3/c18-16-3-1-14(2-4-16)11-15-6-9-21(10-7-15)12-17-5-8-19-13-20-17/h1-5,8,13,15H,6-7,9-12H2. The zero-order chi connectivity index (χ0) is 14.5. The van der Waals surface area contributed by atoms with E-state index in [0.717, 1.165) is 31.7 Å². The van der Waals surface area contributed by atoms with Gasteiger partial charge in [0.25, 0.3) is 0 Å². The number of halogens is 1. The average Bonchev–Trinajstić information content (AvgIpc) is 2.53. The summed E-state index contributed by atoms with van der Waals surface area (Å²) in [6, 6.07) is 8.90. The van der Waals surface area contributed by atoms with E-state index < -0.39 is 0 Å². The Balaban J connectivity index is 1.47. The molecule has 1 aliphatic rings. The lowest BCUT2D eigenvalue weighted by atomic mass is 9.90. The van der Waals surface area contributed by atoms with Crippen molar-refractivity contribution in [2.45, 2.75) is 25.8 Å². The van der Waals surface area contributed by atoms with Crippen molar-refractivity contribution in [3.8, 4) is 0 Å². The molecule has 0 N–H and O–H groups in total. The fourth-order valence-corrected chi connectivity index (χ4v) is 2.94. The van der Waals surface area contributed by atoms with E-state index >= 15 is 0 Å². The number of hydrogen-bond donors (Lipinski definition) is 0. The molecule has 3 rings (SSSR count). The first-order valence-corrected chi connectivity index (χ1v) is 7.51. The SMILES string of the molecule is Fc1ccc(CC2CCN(Cc3ccncn3)CC2)cc1. The van der Waals surface area contributed by atoms with Crippen LogP contribution in [0.4, 0.5) is 4.39 Å². The van der Waals surface area contributed by atoms with Crippen LogP contribution in [0.5, 0.6) is 0 Å². The molecule has 1 aromatic carbocycles. The smallest absolute Gasteiger partial charge is 0.123 e. The van der Waals surface area contributed by atoms with E-state index in [-0.39, 0.29) is 5.82 Å². The van der Waals surface area contributed by atoms with Gasteiger partial charge in [0.15, 0.2) is 0 Å². The molecular weight excluding hydrogens is 265 g/mol. The maximum absolute atomic E-state index is 12.9. The van der Waals surface area contributed by atoms with Crippen molar-refractivity contribution in [2.75, 3.05) is 13.1 Å². The fraction of sp³-hybridized carbons (Fsp3) is 0.412. The lowest BCUT2D eigenvalue weighted by molar-refractivity contribution is 0.175. The van der Waals surface area contributed by atoms with E-state index in [9.17, 15) is 4.39 Å². The molecule has 1 saturated heterocycles. The Morgan fingerprint density at radius 1 is 1.10 bits per heavy atom. The molecule has 2 aromatic rings. The second-order valence-electron chi connectivity index (χ2n) is 5.75. The second-order valence-corrected chi connectivity index (χ2v) is 5.75. The monoisotopic (exact) mass is 285 g/mol. The fourth-order valence-electron chi connectivity index (χ4n) is 2.94. The maximum Gasteiger partial charge on any atom is 0.123 e. The van der Waals surface area contributed by atoms with Crippen LogP contribution in [-0.4, -0.2) is 28.0 Å². The normalized spacial score (nSPS) is 17.0. The maximum atomic E-state index is 12.9. The van der Waals surface area contributed by atoms with Gasteiger partial charge in [0.1, 0.15) is 12.1 Å². The minimum atomic E-state index is -0.154. The predicted octanol–water partition coefficient (Wildman–Crippen LogP) is 3.07. The van der Waals surface area contributed by atoms with Crippen LogP contribution in [0.15, 0.2) is 42.9 Å². The summed E-state index contributed by atoms with van der Waals surface area (Å²) in [5, 5.41) is 0. The van der Waals surface area contributed by atoms with Crippen LogP contribution in [0.25, 0.3) is 0 Å². The van der Waals surface area contributed by atoms with E-state index in [0.29, 0.717) is 5.92 Å². The molecule has 0 aliphatic carbocycles. The number of rotatable bonds is 4.